The third-order valence-electron chi connectivity index (χ3n) is 6.85. The number of carbonyl (C=O) groups excluding carboxylic acids is 1. The number of piperidine rings is 1. The minimum Gasteiger partial charge on any atom is -0.290 e. The fraction of sp³-hybridized carbons (Fsp3) is 0.0882. The Labute approximate surface area is 211 Å². The Balaban J connectivity index is 1.38. The van der Waals surface area contributed by atoms with Crippen LogP contribution in [0.1, 0.15) is 16.7 Å². The third kappa shape index (κ3) is 4.77. The number of Topliss-reactive ketones (excluding diaryl/α,β-unsaturated/α-hetero) is 1. The summed E-state index contributed by atoms with van der Waals surface area (Å²) < 4.78 is 0. The molecule has 1 heterocycles. The molecule has 0 atom stereocenters. The molecule has 0 aromatic heterocycles. The van der Waals surface area contributed by atoms with E-state index in [9.17, 15) is 4.79 Å². The van der Waals surface area contributed by atoms with E-state index in [1.165, 1.54) is 27.1 Å². The second-order valence-corrected chi connectivity index (χ2v) is 9.51. The van der Waals surface area contributed by atoms with Crippen molar-refractivity contribution in [1.29, 1.82) is 0 Å². The second kappa shape index (κ2) is 9.77. The molecule has 2 heteroatoms. The Morgan fingerprint density at radius 2 is 1.03 bits per heavy atom. The highest BCUT2D eigenvalue weighted by Gasteiger charge is 2.26. The van der Waals surface area contributed by atoms with E-state index in [-0.39, 0.29) is 5.78 Å². The van der Waals surface area contributed by atoms with Gasteiger partial charge >= 0.3 is 0 Å². The summed E-state index contributed by atoms with van der Waals surface area (Å²) in [6, 6.07) is 39.9. The molecule has 36 heavy (non-hydrogen) atoms. The maximum atomic E-state index is 13.7. The molecular formula is C34H27NO. The number of rotatable bonds is 4. The van der Waals surface area contributed by atoms with Gasteiger partial charge in [0.25, 0.3) is 0 Å². The van der Waals surface area contributed by atoms with Crippen molar-refractivity contribution in [2.24, 2.45) is 0 Å². The fourth-order valence-corrected chi connectivity index (χ4v) is 5.06. The quantitative estimate of drug-likeness (QED) is 0.256. The lowest BCUT2D eigenvalue weighted by atomic mass is 9.93. The van der Waals surface area contributed by atoms with Gasteiger partial charge in [0, 0.05) is 30.8 Å². The lowest BCUT2D eigenvalue weighted by molar-refractivity contribution is -0.113. The Hall–Kier alpha value is -4.27. The Morgan fingerprint density at radius 3 is 1.56 bits per heavy atom. The van der Waals surface area contributed by atoms with Crippen LogP contribution in [0.4, 0.5) is 0 Å². The average Bonchev–Trinajstić information content (AvgIpc) is 2.92. The number of hydrogen-bond acceptors (Lipinski definition) is 2. The number of ketones is 1. The first-order valence-electron chi connectivity index (χ1n) is 12.4. The summed E-state index contributed by atoms with van der Waals surface area (Å²) in [5.41, 5.74) is 5.04. The van der Waals surface area contributed by atoms with Crippen molar-refractivity contribution >= 4 is 39.5 Å². The second-order valence-electron chi connectivity index (χ2n) is 9.51. The summed E-state index contributed by atoms with van der Waals surface area (Å²) in [4.78, 5) is 16.1. The van der Waals surface area contributed by atoms with Crippen molar-refractivity contribution < 1.29 is 4.79 Å². The number of nitrogens with zero attached hydrogens (tertiary/aromatic N) is 1. The standard InChI is InChI=1S/C34H27NO/c36-34-32(20-26-14-16-28-10-4-6-12-30(28)18-26)23-35(22-25-8-2-1-3-9-25)24-33(34)21-27-15-17-29-11-5-7-13-31(29)19-27/h1-21H,22-24H2. The molecule has 0 saturated carbocycles. The predicted molar refractivity (Wildman–Crippen MR) is 151 cm³/mol. The van der Waals surface area contributed by atoms with Gasteiger partial charge in [-0.1, -0.05) is 103 Å². The zero-order chi connectivity index (χ0) is 24.3. The summed E-state index contributed by atoms with van der Waals surface area (Å²) in [5, 5.41) is 4.78. The highest BCUT2D eigenvalue weighted by molar-refractivity contribution is 6.14. The molecule has 5 aromatic rings. The van der Waals surface area contributed by atoms with Gasteiger partial charge in [-0.2, -0.15) is 0 Å². The SMILES string of the molecule is O=C1C(=Cc2ccc3ccccc3c2)CN(Cc2ccccc2)CC1=Cc1ccc2ccccc2c1. The van der Waals surface area contributed by atoms with Gasteiger partial charge in [-0.25, -0.2) is 0 Å². The van der Waals surface area contributed by atoms with Gasteiger partial charge in [-0.15, -0.1) is 0 Å². The van der Waals surface area contributed by atoms with E-state index < -0.39 is 0 Å². The maximum absolute atomic E-state index is 13.7. The van der Waals surface area contributed by atoms with Crippen LogP contribution in [0, 0.1) is 0 Å². The van der Waals surface area contributed by atoms with Crippen LogP contribution in [0.2, 0.25) is 0 Å². The molecule has 2 nitrogen and oxygen atoms in total. The minimum atomic E-state index is 0.139. The van der Waals surface area contributed by atoms with Crippen LogP contribution in [-0.4, -0.2) is 23.8 Å². The van der Waals surface area contributed by atoms with Crippen LogP contribution >= 0.6 is 0 Å². The van der Waals surface area contributed by atoms with Gasteiger partial charge in [0.15, 0.2) is 5.78 Å². The minimum absolute atomic E-state index is 0.139. The van der Waals surface area contributed by atoms with E-state index in [0.29, 0.717) is 13.1 Å². The Kier molecular flexibility index (Phi) is 6.03. The third-order valence-corrected chi connectivity index (χ3v) is 6.85. The highest BCUT2D eigenvalue weighted by atomic mass is 16.1. The van der Waals surface area contributed by atoms with Gasteiger partial charge < -0.3 is 0 Å². The van der Waals surface area contributed by atoms with E-state index in [2.05, 4.69) is 126 Å². The molecule has 0 bridgehead atoms. The fourth-order valence-electron chi connectivity index (χ4n) is 5.06. The van der Waals surface area contributed by atoms with Crippen molar-refractivity contribution in [1.82, 2.24) is 4.90 Å². The molecule has 0 spiro atoms. The summed E-state index contributed by atoms with van der Waals surface area (Å²) in [7, 11) is 0. The first kappa shape index (κ1) is 22.2. The summed E-state index contributed by atoms with van der Waals surface area (Å²) in [5.74, 6) is 0.139. The molecule has 6 rings (SSSR count). The summed E-state index contributed by atoms with van der Waals surface area (Å²) >= 11 is 0. The average molecular weight is 466 g/mol. The predicted octanol–water partition coefficient (Wildman–Crippen LogP) is 7.54. The van der Waals surface area contributed by atoms with E-state index >= 15 is 0 Å². The van der Waals surface area contributed by atoms with Gasteiger partial charge in [0.2, 0.25) is 0 Å². The Bertz CT molecular complexity index is 1530. The highest BCUT2D eigenvalue weighted by Crippen LogP contribution is 2.26. The molecule has 0 unspecified atom stereocenters. The van der Waals surface area contributed by atoms with Crippen molar-refractivity contribution in [3.8, 4) is 0 Å². The van der Waals surface area contributed by atoms with Crippen LogP contribution in [0.3, 0.4) is 0 Å². The van der Waals surface area contributed by atoms with Crippen LogP contribution in [-0.2, 0) is 11.3 Å². The first-order chi connectivity index (χ1) is 17.7. The smallest absolute Gasteiger partial charge is 0.187 e. The first-order valence-corrected chi connectivity index (χ1v) is 12.4. The van der Waals surface area contributed by atoms with Crippen molar-refractivity contribution in [3.63, 3.8) is 0 Å². The molecule has 0 N–H and O–H groups in total. The molecule has 0 aliphatic carbocycles. The van der Waals surface area contributed by atoms with Crippen LogP contribution < -0.4 is 0 Å². The molecule has 174 valence electrons. The maximum Gasteiger partial charge on any atom is 0.187 e. The van der Waals surface area contributed by atoms with E-state index in [1.54, 1.807) is 0 Å². The van der Waals surface area contributed by atoms with Crippen molar-refractivity contribution in [2.75, 3.05) is 13.1 Å². The zero-order valence-electron chi connectivity index (χ0n) is 20.1. The number of fused-ring (bicyclic) bond motifs is 2. The van der Waals surface area contributed by atoms with E-state index in [0.717, 1.165) is 28.8 Å². The largest absolute Gasteiger partial charge is 0.290 e. The molecular weight excluding hydrogens is 438 g/mol. The Morgan fingerprint density at radius 1 is 0.556 bits per heavy atom. The molecule has 1 saturated heterocycles. The number of hydrogen-bond donors (Lipinski definition) is 0. The topological polar surface area (TPSA) is 20.3 Å². The molecule has 1 fully saturated rings. The molecule has 1 aliphatic rings. The van der Waals surface area contributed by atoms with Crippen molar-refractivity contribution in [2.45, 2.75) is 6.54 Å². The molecule has 0 amide bonds. The summed E-state index contributed by atoms with van der Waals surface area (Å²) in [6.07, 6.45) is 4.14. The van der Waals surface area contributed by atoms with Gasteiger partial charge in [-0.3, -0.25) is 9.69 Å². The van der Waals surface area contributed by atoms with Gasteiger partial charge in [0.1, 0.15) is 0 Å². The monoisotopic (exact) mass is 465 g/mol. The van der Waals surface area contributed by atoms with Crippen LogP contribution in [0.5, 0.6) is 0 Å². The van der Waals surface area contributed by atoms with Crippen molar-refractivity contribution in [3.05, 3.63) is 143 Å². The van der Waals surface area contributed by atoms with E-state index in [1.807, 2.05) is 6.07 Å². The molecule has 0 radical (unpaired) electrons. The van der Waals surface area contributed by atoms with Gasteiger partial charge in [0.05, 0.1) is 0 Å². The van der Waals surface area contributed by atoms with E-state index in [4.69, 9.17) is 0 Å². The summed E-state index contributed by atoms with van der Waals surface area (Å²) in [6.45, 7) is 2.07. The lowest BCUT2D eigenvalue weighted by Crippen LogP contribution is -2.37. The normalized spacial score (nSPS) is 16.8. The van der Waals surface area contributed by atoms with Crippen LogP contribution in [0.15, 0.2) is 126 Å². The van der Waals surface area contributed by atoms with Gasteiger partial charge in [-0.05, 0) is 62.5 Å². The van der Waals surface area contributed by atoms with Crippen LogP contribution in [0.25, 0.3) is 33.7 Å². The number of benzene rings is 5. The zero-order valence-corrected chi connectivity index (χ0v) is 20.1. The lowest BCUT2D eigenvalue weighted by Gasteiger charge is -2.30. The molecule has 1 aliphatic heterocycles. The number of likely N-dealkylation sites (tertiary alicyclic amines) is 1. The molecule has 5 aromatic carbocycles. The number of carbonyl (C=O) groups is 1.